The first kappa shape index (κ1) is 16.0. The summed E-state index contributed by atoms with van der Waals surface area (Å²) < 4.78 is 40.4. The van der Waals surface area contributed by atoms with Gasteiger partial charge in [0, 0.05) is 11.4 Å². The van der Waals surface area contributed by atoms with Gasteiger partial charge < -0.3 is 10.1 Å². The van der Waals surface area contributed by atoms with Crippen LogP contribution in [0.2, 0.25) is 0 Å². The molecule has 124 valence electrons. The van der Waals surface area contributed by atoms with Crippen molar-refractivity contribution in [2.75, 3.05) is 5.32 Å². The van der Waals surface area contributed by atoms with Gasteiger partial charge in [0.05, 0.1) is 5.52 Å². The molecule has 24 heavy (non-hydrogen) atoms. The minimum atomic E-state index is -4.69. The number of ether oxygens (including phenoxy) is 1. The quantitative estimate of drug-likeness (QED) is 0.752. The molecule has 3 aromatic rings. The highest BCUT2D eigenvalue weighted by Crippen LogP contribution is 2.27. The van der Waals surface area contributed by atoms with E-state index < -0.39 is 6.36 Å². The van der Waals surface area contributed by atoms with Crippen molar-refractivity contribution >= 4 is 16.7 Å². The Morgan fingerprint density at radius 2 is 1.71 bits per heavy atom. The van der Waals surface area contributed by atoms with Crippen molar-refractivity contribution in [2.45, 2.75) is 19.3 Å². The van der Waals surface area contributed by atoms with E-state index in [9.17, 15) is 13.2 Å². The third-order valence-electron chi connectivity index (χ3n) is 3.51. The summed E-state index contributed by atoms with van der Waals surface area (Å²) in [5, 5.41) is 4.13. The smallest absolute Gasteiger partial charge is 0.406 e. The SMILES string of the molecule is CC(Nc1ncnc2ccccc12)c1ccc(OC(F)(F)F)cc1. The molecule has 4 nitrogen and oxygen atoms in total. The summed E-state index contributed by atoms with van der Waals surface area (Å²) in [6, 6.07) is 13.2. The van der Waals surface area contributed by atoms with Crippen LogP contribution in [0, 0.1) is 0 Å². The van der Waals surface area contributed by atoms with Crippen LogP contribution in [-0.4, -0.2) is 16.3 Å². The lowest BCUT2D eigenvalue weighted by Crippen LogP contribution is -2.17. The summed E-state index contributed by atoms with van der Waals surface area (Å²) in [6.07, 6.45) is -3.22. The van der Waals surface area contributed by atoms with Crippen LogP contribution < -0.4 is 10.1 Å². The van der Waals surface area contributed by atoms with E-state index in [2.05, 4.69) is 20.0 Å². The molecule has 1 aromatic heterocycles. The maximum Gasteiger partial charge on any atom is 0.573 e. The summed E-state index contributed by atoms with van der Waals surface area (Å²) >= 11 is 0. The van der Waals surface area contributed by atoms with E-state index in [1.54, 1.807) is 12.1 Å². The van der Waals surface area contributed by atoms with Gasteiger partial charge in [0.1, 0.15) is 17.9 Å². The molecule has 0 radical (unpaired) electrons. The molecular formula is C17H14F3N3O. The Morgan fingerprint density at radius 1 is 1.00 bits per heavy atom. The number of fused-ring (bicyclic) bond motifs is 1. The molecule has 0 saturated heterocycles. The number of aromatic nitrogens is 2. The third kappa shape index (κ3) is 3.73. The Labute approximate surface area is 136 Å². The molecule has 7 heteroatoms. The van der Waals surface area contributed by atoms with E-state index in [0.717, 1.165) is 16.5 Å². The third-order valence-corrected chi connectivity index (χ3v) is 3.51. The number of nitrogens with zero attached hydrogens (tertiary/aromatic N) is 2. The Morgan fingerprint density at radius 3 is 2.42 bits per heavy atom. The van der Waals surface area contributed by atoms with Crippen molar-refractivity contribution in [3.05, 3.63) is 60.4 Å². The number of anilines is 1. The number of para-hydroxylation sites is 1. The fourth-order valence-electron chi connectivity index (χ4n) is 2.37. The first-order chi connectivity index (χ1) is 11.4. The molecule has 2 aromatic carbocycles. The molecule has 1 unspecified atom stereocenters. The van der Waals surface area contributed by atoms with Crippen molar-refractivity contribution in [1.29, 1.82) is 0 Å². The molecular weight excluding hydrogens is 319 g/mol. The fraction of sp³-hybridized carbons (Fsp3) is 0.176. The minimum absolute atomic E-state index is 0.150. The van der Waals surface area contributed by atoms with Crippen molar-refractivity contribution < 1.29 is 17.9 Å². The van der Waals surface area contributed by atoms with Crippen LogP contribution in [-0.2, 0) is 0 Å². The van der Waals surface area contributed by atoms with Gasteiger partial charge in [-0.05, 0) is 36.8 Å². The van der Waals surface area contributed by atoms with E-state index in [0.29, 0.717) is 5.82 Å². The lowest BCUT2D eigenvalue weighted by molar-refractivity contribution is -0.274. The molecule has 0 aliphatic heterocycles. The molecule has 0 aliphatic rings. The lowest BCUT2D eigenvalue weighted by atomic mass is 10.1. The second-order valence-electron chi connectivity index (χ2n) is 5.22. The van der Waals surface area contributed by atoms with Crippen LogP contribution >= 0.6 is 0 Å². The second-order valence-corrected chi connectivity index (χ2v) is 5.22. The van der Waals surface area contributed by atoms with Crippen LogP contribution in [0.3, 0.4) is 0 Å². The highest BCUT2D eigenvalue weighted by atomic mass is 19.4. The van der Waals surface area contributed by atoms with E-state index in [1.165, 1.54) is 18.5 Å². The van der Waals surface area contributed by atoms with Gasteiger partial charge in [0.25, 0.3) is 0 Å². The topological polar surface area (TPSA) is 47.0 Å². The predicted molar refractivity (Wildman–Crippen MR) is 84.7 cm³/mol. The van der Waals surface area contributed by atoms with Crippen molar-refractivity contribution in [1.82, 2.24) is 9.97 Å². The van der Waals surface area contributed by atoms with Crippen molar-refractivity contribution in [3.8, 4) is 5.75 Å². The average molecular weight is 333 g/mol. The van der Waals surface area contributed by atoms with Gasteiger partial charge in [0.15, 0.2) is 0 Å². The average Bonchev–Trinajstić information content (AvgIpc) is 2.54. The predicted octanol–water partition coefficient (Wildman–Crippen LogP) is 4.70. The molecule has 1 N–H and O–H groups in total. The maximum atomic E-state index is 12.2. The van der Waals surface area contributed by atoms with Crippen molar-refractivity contribution in [3.63, 3.8) is 0 Å². The molecule has 0 saturated carbocycles. The van der Waals surface area contributed by atoms with Crippen LogP contribution in [0.25, 0.3) is 10.9 Å². The van der Waals surface area contributed by atoms with Crippen molar-refractivity contribution in [2.24, 2.45) is 0 Å². The molecule has 3 rings (SSSR count). The van der Waals surface area contributed by atoms with E-state index in [-0.39, 0.29) is 11.8 Å². The lowest BCUT2D eigenvalue weighted by Gasteiger charge is -2.17. The number of alkyl halides is 3. The van der Waals surface area contributed by atoms with Crippen LogP contribution in [0.5, 0.6) is 5.75 Å². The Kier molecular flexibility index (Phi) is 4.24. The monoisotopic (exact) mass is 333 g/mol. The fourth-order valence-corrected chi connectivity index (χ4v) is 2.37. The summed E-state index contributed by atoms with van der Waals surface area (Å²) in [5.74, 6) is 0.426. The van der Waals surface area contributed by atoms with E-state index in [1.807, 2.05) is 31.2 Å². The number of nitrogens with one attached hydrogen (secondary N) is 1. The molecule has 0 amide bonds. The molecule has 0 spiro atoms. The number of hydrogen-bond donors (Lipinski definition) is 1. The van der Waals surface area contributed by atoms with E-state index >= 15 is 0 Å². The molecule has 1 heterocycles. The number of halogens is 3. The normalized spacial score (nSPS) is 12.8. The largest absolute Gasteiger partial charge is 0.573 e. The van der Waals surface area contributed by atoms with Gasteiger partial charge in [-0.15, -0.1) is 13.2 Å². The van der Waals surface area contributed by atoms with Gasteiger partial charge in [-0.1, -0.05) is 24.3 Å². The molecule has 0 bridgehead atoms. The first-order valence-electron chi connectivity index (χ1n) is 7.24. The summed E-state index contributed by atoms with van der Waals surface area (Å²) in [6.45, 7) is 1.90. The number of hydrogen-bond acceptors (Lipinski definition) is 4. The molecule has 0 aliphatic carbocycles. The highest BCUT2D eigenvalue weighted by molar-refractivity contribution is 5.88. The van der Waals surface area contributed by atoms with Gasteiger partial charge in [-0.2, -0.15) is 0 Å². The Hall–Kier alpha value is -2.83. The Bertz CT molecular complexity index is 829. The standard InChI is InChI=1S/C17H14F3N3O/c1-11(12-6-8-13(9-7-12)24-17(18,19)20)23-16-14-4-2-3-5-15(14)21-10-22-16/h2-11H,1H3,(H,21,22,23). The minimum Gasteiger partial charge on any atom is -0.406 e. The zero-order valence-corrected chi connectivity index (χ0v) is 12.7. The highest BCUT2D eigenvalue weighted by Gasteiger charge is 2.31. The van der Waals surface area contributed by atoms with Gasteiger partial charge >= 0.3 is 6.36 Å². The Balaban J connectivity index is 1.78. The van der Waals surface area contributed by atoms with Gasteiger partial charge in [-0.3, -0.25) is 0 Å². The first-order valence-corrected chi connectivity index (χ1v) is 7.24. The van der Waals surface area contributed by atoms with E-state index in [4.69, 9.17) is 0 Å². The second kappa shape index (κ2) is 6.35. The summed E-state index contributed by atoms with van der Waals surface area (Å²) in [7, 11) is 0. The summed E-state index contributed by atoms with van der Waals surface area (Å²) in [5.41, 5.74) is 1.63. The van der Waals surface area contributed by atoms with Crippen LogP contribution in [0.1, 0.15) is 18.5 Å². The zero-order valence-electron chi connectivity index (χ0n) is 12.7. The van der Waals surface area contributed by atoms with Gasteiger partial charge in [0.2, 0.25) is 0 Å². The summed E-state index contributed by atoms with van der Waals surface area (Å²) in [4.78, 5) is 8.44. The molecule has 0 fully saturated rings. The number of rotatable bonds is 4. The maximum absolute atomic E-state index is 12.2. The number of benzene rings is 2. The zero-order chi connectivity index (χ0) is 17.2. The van der Waals surface area contributed by atoms with Crippen LogP contribution in [0.4, 0.5) is 19.0 Å². The van der Waals surface area contributed by atoms with Gasteiger partial charge in [-0.25, -0.2) is 9.97 Å². The van der Waals surface area contributed by atoms with Crippen LogP contribution in [0.15, 0.2) is 54.9 Å². The molecule has 1 atom stereocenters.